The van der Waals surface area contributed by atoms with Crippen molar-refractivity contribution in [3.8, 4) is 11.5 Å². The first kappa shape index (κ1) is 14.3. The molecule has 2 aliphatic heterocycles. The number of hydrogen-bond donors (Lipinski definition) is 1. The molecule has 0 aromatic heterocycles. The van der Waals surface area contributed by atoms with Crippen molar-refractivity contribution in [3.05, 3.63) is 63.9 Å². The molecule has 3 nitrogen and oxygen atoms in total. The number of rotatable bonds is 1. The van der Waals surface area contributed by atoms with E-state index in [0.717, 1.165) is 33.5 Å². The normalized spacial score (nSPS) is 26.0. The lowest BCUT2D eigenvalue weighted by molar-refractivity contribution is 0.174. The lowest BCUT2D eigenvalue weighted by atomic mass is 9.77. The summed E-state index contributed by atoms with van der Waals surface area (Å²) in [7, 11) is 0. The SMILES string of the molecule is Fc1cccc2c1NC(c1cc3c(cc1Br)OCO3)C1CC=CC21. The van der Waals surface area contributed by atoms with Crippen molar-refractivity contribution < 1.29 is 13.9 Å². The maximum absolute atomic E-state index is 14.4. The Hall–Kier alpha value is -2.01. The van der Waals surface area contributed by atoms with Crippen molar-refractivity contribution >= 4 is 21.6 Å². The number of ether oxygens (including phenoxy) is 2. The largest absolute Gasteiger partial charge is 0.454 e. The Bertz CT molecular complexity index is 867. The number of para-hydroxylation sites is 1. The number of hydrogen-bond acceptors (Lipinski definition) is 3. The van der Waals surface area contributed by atoms with Crippen LogP contribution < -0.4 is 14.8 Å². The van der Waals surface area contributed by atoms with Crippen molar-refractivity contribution in [1.82, 2.24) is 0 Å². The molecule has 2 aromatic rings. The third kappa shape index (κ3) is 2.00. The van der Waals surface area contributed by atoms with E-state index in [2.05, 4.69) is 33.4 Å². The molecule has 122 valence electrons. The van der Waals surface area contributed by atoms with Gasteiger partial charge < -0.3 is 14.8 Å². The number of benzene rings is 2. The second-order valence-corrected chi connectivity index (χ2v) is 7.26. The van der Waals surface area contributed by atoms with E-state index in [9.17, 15) is 4.39 Å². The number of halogens is 2. The topological polar surface area (TPSA) is 30.5 Å². The van der Waals surface area contributed by atoms with E-state index in [-0.39, 0.29) is 24.6 Å². The summed E-state index contributed by atoms with van der Waals surface area (Å²) in [6.45, 7) is 0.244. The van der Waals surface area contributed by atoms with Crippen LogP contribution in [0.2, 0.25) is 0 Å². The fraction of sp³-hybridized carbons (Fsp3) is 0.263. The summed E-state index contributed by atoms with van der Waals surface area (Å²) in [6.07, 6.45) is 5.38. The van der Waals surface area contributed by atoms with E-state index < -0.39 is 0 Å². The van der Waals surface area contributed by atoms with Crippen LogP contribution in [-0.2, 0) is 0 Å². The standard InChI is InChI=1S/C19H15BrFNO2/c20-14-8-17-16(23-9-24-17)7-13(14)18-11-4-1-3-10(11)12-5-2-6-15(21)19(12)22-18/h1-3,5-8,10-11,18,22H,4,9H2. The van der Waals surface area contributed by atoms with E-state index in [0.29, 0.717) is 11.6 Å². The summed E-state index contributed by atoms with van der Waals surface area (Å²) >= 11 is 3.65. The molecule has 0 bridgehead atoms. The molecule has 3 aliphatic rings. The highest BCUT2D eigenvalue weighted by molar-refractivity contribution is 9.10. The first-order valence-electron chi connectivity index (χ1n) is 8.03. The van der Waals surface area contributed by atoms with Gasteiger partial charge in [-0.05, 0) is 41.7 Å². The highest BCUT2D eigenvalue weighted by atomic mass is 79.9. The zero-order chi connectivity index (χ0) is 16.3. The van der Waals surface area contributed by atoms with Crippen LogP contribution in [0.3, 0.4) is 0 Å². The van der Waals surface area contributed by atoms with Crippen LogP contribution in [0.5, 0.6) is 11.5 Å². The van der Waals surface area contributed by atoms with Gasteiger partial charge in [-0.2, -0.15) is 0 Å². The third-order valence-corrected chi connectivity index (χ3v) is 5.86. The fourth-order valence-corrected chi connectivity index (χ4v) is 4.63. The van der Waals surface area contributed by atoms with Gasteiger partial charge in [0.05, 0.1) is 11.7 Å². The molecule has 5 heteroatoms. The second kappa shape index (κ2) is 5.24. The van der Waals surface area contributed by atoms with E-state index in [1.165, 1.54) is 6.07 Å². The molecule has 0 fully saturated rings. The highest BCUT2D eigenvalue weighted by Gasteiger charge is 2.40. The van der Waals surface area contributed by atoms with Crippen LogP contribution in [0.15, 0.2) is 47.0 Å². The Labute approximate surface area is 147 Å². The van der Waals surface area contributed by atoms with E-state index in [4.69, 9.17) is 9.47 Å². The van der Waals surface area contributed by atoms with Gasteiger partial charge in [0.15, 0.2) is 11.5 Å². The summed E-state index contributed by atoms with van der Waals surface area (Å²) < 4.78 is 26.3. The van der Waals surface area contributed by atoms with Crippen LogP contribution in [0, 0.1) is 11.7 Å². The van der Waals surface area contributed by atoms with Crippen molar-refractivity contribution in [2.45, 2.75) is 18.4 Å². The smallest absolute Gasteiger partial charge is 0.231 e. The van der Waals surface area contributed by atoms with Gasteiger partial charge in [0.2, 0.25) is 6.79 Å². The summed E-state index contributed by atoms with van der Waals surface area (Å²) in [5.74, 6) is 1.88. The molecule has 0 saturated heterocycles. The molecule has 0 radical (unpaired) electrons. The minimum atomic E-state index is -0.201. The van der Waals surface area contributed by atoms with Crippen molar-refractivity contribution in [2.75, 3.05) is 12.1 Å². The quantitative estimate of drug-likeness (QED) is 0.686. The zero-order valence-corrected chi connectivity index (χ0v) is 14.3. The molecule has 0 spiro atoms. The summed E-state index contributed by atoms with van der Waals surface area (Å²) in [5, 5.41) is 3.44. The summed E-state index contributed by atoms with van der Waals surface area (Å²) in [4.78, 5) is 0. The van der Waals surface area contributed by atoms with Crippen LogP contribution in [-0.4, -0.2) is 6.79 Å². The average Bonchev–Trinajstić information content (AvgIpc) is 3.22. The molecule has 2 heterocycles. The van der Waals surface area contributed by atoms with Gasteiger partial charge in [0.1, 0.15) is 5.82 Å². The van der Waals surface area contributed by atoms with Gasteiger partial charge >= 0.3 is 0 Å². The molecule has 3 atom stereocenters. The van der Waals surface area contributed by atoms with Crippen LogP contribution >= 0.6 is 15.9 Å². The van der Waals surface area contributed by atoms with Gasteiger partial charge in [0, 0.05) is 10.4 Å². The first-order chi connectivity index (χ1) is 11.7. The Morgan fingerprint density at radius 1 is 1.12 bits per heavy atom. The Kier molecular flexibility index (Phi) is 3.13. The highest BCUT2D eigenvalue weighted by Crippen LogP contribution is 2.52. The van der Waals surface area contributed by atoms with Gasteiger partial charge in [-0.1, -0.05) is 40.2 Å². The minimum absolute atomic E-state index is 0.0123. The molecule has 2 aromatic carbocycles. The first-order valence-corrected chi connectivity index (χ1v) is 8.82. The van der Waals surface area contributed by atoms with E-state index in [1.807, 2.05) is 18.2 Å². The number of anilines is 1. The molecule has 0 amide bonds. The third-order valence-electron chi connectivity index (χ3n) is 5.17. The fourth-order valence-electron chi connectivity index (χ4n) is 4.06. The molecule has 1 N–H and O–H groups in total. The predicted octanol–water partition coefficient (Wildman–Crippen LogP) is 5.14. The number of allylic oxidation sites excluding steroid dienone is 2. The number of fused-ring (bicyclic) bond motifs is 4. The molecule has 0 saturated carbocycles. The predicted molar refractivity (Wildman–Crippen MR) is 93.0 cm³/mol. The Balaban J connectivity index is 1.64. The van der Waals surface area contributed by atoms with Crippen LogP contribution in [0.25, 0.3) is 0 Å². The Morgan fingerprint density at radius 2 is 1.96 bits per heavy atom. The van der Waals surface area contributed by atoms with Gasteiger partial charge in [-0.3, -0.25) is 0 Å². The summed E-state index contributed by atoms with van der Waals surface area (Å²) in [5.41, 5.74) is 2.73. The van der Waals surface area contributed by atoms with Crippen LogP contribution in [0.4, 0.5) is 10.1 Å². The van der Waals surface area contributed by atoms with Crippen molar-refractivity contribution in [2.24, 2.45) is 5.92 Å². The van der Waals surface area contributed by atoms with Crippen LogP contribution in [0.1, 0.15) is 29.5 Å². The van der Waals surface area contributed by atoms with Gasteiger partial charge in [-0.25, -0.2) is 4.39 Å². The maximum atomic E-state index is 14.4. The lowest BCUT2D eigenvalue weighted by Gasteiger charge is -2.38. The molecule has 24 heavy (non-hydrogen) atoms. The minimum Gasteiger partial charge on any atom is -0.454 e. The zero-order valence-electron chi connectivity index (χ0n) is 12.8. The molecule has 1 aliphatic carbocycles. The lowest BCUT2D eigenvalue weighted by Crippen LogP contribution is -2.30. The number of nitrogens with one attached hydrogen (secondary N) is 1. The monoisotopic (exact) mass is 387 g/mol. The summed E-state index contributed by atoms with van der Waals surface area (Å²) in [6, 6.07) is 9.27. The molecule has 3 unspecified atom stereocenters. The molecule has 5 rings (SSSR count). The maximum Gasteiger partial charge on any atom is 0.231 e. The van der Waals surface area contributed by atoms with Gasteiger partial charge in [0.25, 0.3) is 0 Å². The van der Waals surface area contributed by atoms with E-state index in [1.54, 1.807) is 6.07 Å². The second-order valence-electron chi connectivity index (χ2n) is 6.41. The van der Waals surface area contributed by atoms with Crippen molar-refractivity contribution in [1.29, 1.82) is 0 Å². The average molecular weight is 388 g/mol. The van der Waals surface area contributed by atoms with Crippen molar-refractivity contribution in [3.63, 3.8) is 0 Å². The molecular weight excluding hydrogens is 373 g/mol. The molecular formula is C19H15BrFNO2. The Morgan fingerprint density at radius 3 is 2.83 bits per heavy atom. The van der Waals surface area contributed by atoms with E-state index >= 15 is 0 Å². The van der Waals surface area contributed by atoms with Gasteiger partial charge in [-0.15, -0.1) is 0 Å².